The Hall–Kier alpha value is -2.34. The van der Waals surface area contributed by atoms with Crippen molar-refractivity contribution in [3.05, 3.63) is 42.5 Å². The van der Waals surface area contributed by atoms with E-state index in [-0.39, 0.29) is 18.2 Å². The molecular weight excluding hydrogens is 346 g/mol. The molecule has 2 aromatic carbocycles. The molecule has 5 nitrogen and oxygen atoms in total. The number of hydrogen-bond acceptors (Lipinski definition) is 4. The summed E-state index contributed by atoms with van der Waals surface area (Å²) in [6.45, 7) is 4.97. The summed E-state index contributed by atoms with van der Waals surface area (Å²) in [5.74, 6) is 0.258. The van der Waals surface area contributed by atoms with E-state index >= 15 is 0 Å². The predicted molar refractivity (Wildman–Crippen MR) is 108 cm³/mol. The average molecular weight is 369 g/mol. The summed E-state index contributed by atoms with van der Waals surface area (Å²) in [4.78, 5) is 28.8. The summed E-state index contributed by atoms with van der Waals surface area (Å²) in [6.07, 6.45) is 1.11. The Morgan fingerprint density at radius 1 is 1.23 bits per heavy atom. The van der Waals surface area contributed by atoms with Gasteiger partial charge in [0.15, 0.2) is 5.17 Å². The maximum atomic E-state index is 12.3. The summed E-state index contributed by atoms with van der Waals surface area (Å²) in [5.41, 5.74) is 0.739. The third kappa shape index (κ3) is 4.85. The molecule has 0 bridgehead atoms. The van der Waals surface area contributed by atoms with Gasteiger partial charge in [0.05, 0.1) is 0 Å². The summed E-state index contributed by atoms with van der Waals surface area (Å²) < 4.78 is 0. The largest absolute Gasteiger partial charge is 0.326 e. The summed E-state index contributed by atoms with van der Waals surface area (Å²) >= 11 is 1.34. The Balaban J connectivity index is 1.56. The van der Waals surface area contributed by atoms with Crippen LogP contribution in [0.5, 0.6) is 0 Å². The fraction of sp³-hybridized carbons (Fsp3) is 0.350. The predicted octanol–water partition coefficient (Wildman–Crippen LogP) is 3.80. The number of fused-ring (bicyclic) bond motifs is 1. The highest BCUT2D eigenvalue weighted by atomic mass is 32.2. The Labute approximate surface area is 157 Å². The van der Waals surface area contributed by atoms with Gasteiger partial charge < -0.3 is 10.6 Å². The molecule has 1 aliphatic heterocycles. The van der Waals surface area contributed by atoms with Gasteiger partial charge in [-0.25, -0.2) is 0 Å². The minimum atomic E-state index is -0.423. The van der Waals surface area contributed by atoms with Gasteiger partial charge in [0.1, 0.15) is 5.25 Å². The van der Waals surface area contributed by atoms with E-state index < -0.39 is 5.25 Å². The molecule has 0 aromatic heterocycles. The Morgan fingerprint density at radius 3 is 2.77 bits per heavy atom. The molecule has 2 amide bonds. The highest BCUT2D eigenvalue weighted by Gasteiger charge is 2.31. The fourth-order valence-electron chi connectivity index (χ4n) is 2.69. The van der Waals surface area contributed by atoms with E-state index in [9.17, 15) is 9.59 Å². The molecule has 2 N–H and O–H groups in total. The number of rotatable bonds is 6. The van der Waals surface area contributed by atoms with Gasteiger partial charge in [-0.05, 0) is 35.2 Å². The fourth-order valence-corrected chi connectivity index (χ4v) is 3.68. The van der Waals surface area contributed by atoms with Gasteiger partial charge in [-0.15, -0.1) is 0 Å². The van der Waals surface area contributed by atoms with Gasteiger partial charge in [-0.3, -0.25) is 14.6 Å². The molecule has 6 heteroatoms. The van der Waals surface area contributed by atoms with E-state index in [4.69, 9.17) is 0 Å². The zero-order valence-corrected chi connectivity index (χ0v) is 15.8. The number of aliphatic imine (C=N–C) groups is 1. The molecule has 0 unspecified atom stereocenters. The molecule has 0 spiro atoms. The number of amides is 2. The quantitative estimate of drug-likeness (QED) is 0.813. The number of hydrogen-bond donors (Lipinski definition) is 2. The molecule has 1 heterocycles. The molecule has 1 fully saturated rings. The molecule has 1 aliphatic rings. The first-order valence-electron chi connectivity index (χ1n) is 8.82. The number of benzene rings is 2. The number of carbonyl (C=O) groups is 2. The maximum Gasteiger partial charge on any atom is 0.240 e. The zero-order valence-electron chi connectivity index (χ0n) is 15.0. The summed E-state index contributed by atoms with van der Waals surface area (Å²) in [7, 11) is 0. The van der Waals surface area contributed by atoms with Crippen LogP contribution in [0.15, 0.2) is 47.5 Å². The molecule has 1 atom stereocenters. The van der Waals surface area contributed by atoms with Crippen LogP contribution in [0.25, 0.3) is 10.8 Å². The molecule has 0 saturated carbocycles. The average Bonchev–Trinajstić information content (AvgIpc) is 2.94. The third-order valence-corrected chi connectivity index (χ3v) is 5.26. The Morgan fingerprint density at radius 2 is 2.00 bits per heavy atom. The molecule has 2 aromatic rings. The van der Waals surface area contributed by atoms with Gasteiger partial charge >= 0.3 is 0 Å². The standard InChI is InChI=1S/C20H23N3O2S/c1-13(2)9-10-21-20-23-19(25)17(26-20)12-18(24)22-16-8-7-14-5-3-4-6-15(14)11-16/h3-8,11,13,17H,9-10,12H2,1-2H3,(H,22,24)(H,21,23,25)/t17-/m1/s1. The van der Waals surface area contributed by atoms with Crippen LogP contribution >= 0.6 is 11.8 Å². The van der Waals surface area contributed by atoms with Crippen molar-refractivity contribution in [1.29, 1.82) is 0 Å². The van der Waals surface area contributed by atoms with Crippen molar-refractivity contribution in [3.63, 3.8) is 0 Å². The third-order valence-electron chi connectivity index (χ3n) is 4.14. The number of carbonyl (C=O) groups excluding carboxylic acids is 2. The normalized spacial score (nSPS) is 18.5. The number of thioether (sulfide) groups is 1. The van der Waals surface area contributed by atoms with Gasteiger partial charge in [-0.2, -0.15) is 0 Å². The second-order valence-corrected chi connectivity index (χ2v) is 7.97. The topological polar surface area (TPSA) is 70.6 Å². The van der Waals surface area contributed by atoms with Crippen LogP contribution < -0.4 is 10.6 Å². The minimum Gasteiger partial charge on any atom is -0.326 e. The lowest BCUT2D eigenvalue weighted by Gasteiger charge is -2.08. The van der Waals surface area contributed by atoms with Crippen molar-refractivity contribution in [2.45, 2.75) is 31.9 Å². The van der Waals surface area contributed by atoms with Gasteiger partial charge in [-0.1, -0.05) is 55.9 Å². The first kappa shape index (κ1) is 18.5. The first-order valence-corrected chi connectivity index (χ1v) is 9.70. The van der Waals surface area contributed by atoms with E-state index in [0.717, 1.165) is 22.9 Å². The lowest BCUT2D eigenvalue weighted by molar-refractivity contribution is -0.122. The van der Waals surface area contributed by atoms with Crippen molar-refractivity contribution in [2.75, 3.05) is 11.9 Å². The van der Waals surface area contributed by atoms with E-state index in [0.29, 0.717) is 17.6 Å². The van der Waals surface area contributed by atoms with Gasteiger partial charge in [0.2, 0.25) is 11.8 Å². The summed E-state index contributed by atoms with van der Waals surface area (Å²) in [6, 6.07) is 13.8. The van der Waals surface area contributed by atoms with E-state index in [1.165, 1.54) is 11.8 Å². The van der Waals surface area contributed by atoms with Crippen LogP contribution in [0.1, 0.15) is 26.7 Å². The molecular formula is C20H23N3O2S. The number of amidine groups is 1. The molecule has 1 saturated heterocycles. The van der Waals surface area contributed by atoms with Crippen molar-refractivity contribution >= 4 is 45.2 Å². The second kappa shape index (κ2) is 8.36. The van der Waals surface area contributed by atoms with E-state index in [1.54, 1.807) is 0 Å². The smallest absolute Gasteiger partial charge is 0.240 e. The maximum absolute atomic E-state index is 12.3. The van der Waals surface area contributed by atoms with Crippen LogP contribution in [0.3, 0.4) is 0 Å². The minimum absolute atomic E-state index is 0.131. The van der Waals surface area contributed by atoms with Crippen LogP contribution in [0.2, 0.25) is 0 Å². The van der Waals surface area contributed by atoms with Crippen molar-refractivity contribution in [2.24, 2.45) is 10.9 Å². The zero-order chi connectivity index (χ0) is 18.5. The van der Waals surface area contributed by atoms with Crippen LogP contribution in [0, 0.1) is 5.92 Å². The highest BCUT2D eigenvalue weighted by molar-refractivity contribution is 8.15. The van der Waals surface area contributed by atoms with E-state index in [1.807, 2.05) is 42.5 Å². The van der Waals surface area contributed by atoms with Crippen molar-refractivity contribution in [3.8, 4) is 0 Å². The van der Waals surface area contributed by atoms with Crippen LogP contribution in [-0.2, 0) is 9.59 Å². The highest BCUT2D eigenvalue weighted by Crippen LogP contribution is 2.24. The number of anilines is 1. The molecule has 3 rings (SSSR count). The van der Waals surface area contributed by atoms with Gasteiger partial charge in [0.25, 0.3) is 0 Å². The second-order valence-electron chi connectivity index (χ2n) is 6.78. The number of nitrogens with zero attached hydrogens (tertiary/aromatic N) is 1. The molecule has 0 radical (unpaired) electrons. The van der Waals surface area contributed by atoms with Crippen LogP contribution in [-0.4, -0.2) is 28.8 Å². The van der Waals surface area contributed by atoms with Crippen molar-refractivity contribution in [1.82, 2.24) is 5.32 Å². The Bertz CT molecular complexity index is 848. The van der Waals surface area contributed by atoms with E-state index in [2.05, 4.69) is 29.5 Å². The van der Waals surface area contributed by atoms with Crippen LogP contribution in [0.4, 0.5) is 5.69 Å². The molecule has 26 heavy (non-hydrogen) atoms. The SMILES string of the molecule is CC(C)CCN=C1NC(=O)[C@@H](CC(=O)Nc2ccc3ccccc3c2)S1. The van der Waals surface area contributed by atoms with Crippen molar-refractivity contribution < 1.29 is 9.59 Å². The lowest BCUT2D eigenvalue weighted by atomic mass is 10.1. The Kier molecular flexibility index (Phi) is 5.93. The first-order chi connectivity index (χ1) is 12.5. The monoisotopic (exact) mass is 369 g/mol. The lowest BCUT2D eigenvalue weighted by Crippen LogP contribution is -2.28. The number of nitrogens with one attached hydrogen (secondary N) is 2. The van der Waals surface area contributed by atoms with Gasteiger partial charge in [0, 0.05) is 18.7 Å². The molecule has 136 valence electrons. The summed E-state index contributed by atoms with van der Waals surface area (Å²) in [5, 5.41) is 8.04. The molecule has 0 aliphatic carbocycles.